The largest absolute Gasteiger partial charge is 0.481 e. The van der Waals surface area contributed by atoms with E-state index in [1.165, 1.54) is 11.1 Å². The van der Waals surface area contributed by atoms with Crippen molar-refractivity contribution in [3.8, 4) is 11.3 Å². The Morgan fingerprint density at radius 1 is 1.37 bits per heavy atom. The highest BCUT2D eigenvalue weighted by atomic mass is 16.4. The Bertz CT molecular complexity index is 602. The van der Waals surface area contributed by atoms with Gasteiger partial charge in [0, 0.05) is 5.92 Å². The number of H-pyrrole nitrogens is 1. The summed E-state index contributed by atoms with van der Waals surface area (Å²) in [5, 5.41) is 8.79. The molecule has 0 bridgehead atoms. The van der Waals surface area contributed by atoms with E-state index in [9.17, 15) is 4.79 Å². The molecule has 0 saturated heterocycles. The summed E-state index contributed by atoms with van der Waals surface area (Å²) in [7, 11) is 0. The summed E-state index contributed by atoms with van der Waals surface area (Å²) in [6.07, 6.45) is 1.84. The molecule has 4 nitrogen and oxygen atoms in total. The van der Waals surface area contributed by atoms with Crippen LogP contribution in [0.2, 0.25) is 0 Å². The maximum Gasteiger partial charge on any atom is 0.304 e. The van der Waals surface area contributed by atoms with E-state index in [1.807, 2.05) is 13.0 Å². The summed E-state index contributed by atoms with van der Waals surface area (Å²) in [6.45, 7) is 6.01. The van der Waals surface area contributed by atoms with Crippen molar-refractivity contribution in [3.63, 3.8) is 0 Å². The molecule has 0 aliphatic heterocycles. The van der Waals surface area contributed by atoms with Crippen LogP contribution in [0.25, 0.3) is 11.3 Å². The quantitative estimate of drug-likeness (QED) is 0.884. The van der Waals surface area contributed by atoms with E-state index in [-0.39, 0.29) is 12.3 Å². The predicted molar refractivity (Wildman–Crippen MR) is 74.2 cm³/mol. The van der Waals surface area contributed by atoms with Gasteiger partial charge in [-0.25, -0.2) is 4.98 Å². The zero-order chi connectivity index (χ0) is 14.0. The molecule has 1 unspecified atom stereocenters. The molecule has 0 saturated carbocycles. The van der Waals surface area contributed by atoms with Gasteiger partial charge in [0.1, 0.15) is 5.82 Å². The van der Waals surface area contributed by atoms with E-state index in [1.54, 1.807) is 6.20 Å². The van der Waals surface area contributed by atoms with Crippen molar-refractivity contribution in [2.75, 3.05) is 0 Å². The first kappa shape index (κ1) is 13.3. The van der Waals surface area contributed by atoms with Gasteiger partial charge in [-0.15, -0.1) is 0 Å². The van der Waals surface area contributed by atoms with E-state index < -0.39 is 5.97 Å². The summed E-state index contributed by atoms with van der Waals surface area (Å²) in [5.41, 5.74) is 4.48. The second-order valence-electron chi connectivity index (χ2n) is 4.98. The fourth-order valence-electron chi connectivity index (χ4n) is 2.00. The molecule has 1 heterocycles. The lowest BCUT2D eigenvalue weighted by atomic mass is 10.0. The van der Waals surface area contributed by atoms with Crippen LogP contribution in [0.1, 0.15) is 36.2 Å². The lowest BCUT2D eigenvalue weighted by molar-refractivity contribution is -0.137. The molecule has 1 aromatic carbocycles. The van der Waals surface area contributed by atoms with Crippen molar-refractivity contribution < 1.29 is 9.90 Å². The SMILES string of the molecule is Cc1ccc(-c2cnc(C(C)CC(=O)O)[nH]2)cc1C. The molecule has 2 aromatic rings. The fraction of sp³-hybridized carbons (Fsp3) is 0.333. The molecule has 0 aliphatic rings. The predicted octanol–water partition coefficient (Wildman–Crippen LogP) is 3.27. The number of carboxylic acids is 1. The molecule has 4 heteroatoms. The van der Waals surface area contributed by atoms with Crippen molar-refractivity contribution in [2.45, 2.75) is 33.1 Å². The van der Waals surface area contributed by atoms with Gasteiger partial charge in [-0.05, 0) is 36.6 Å². The van der Waals surface area contributed by atoms with Gasteiger partial charge in [0.15, 0.2) is 0 Å². The van der Waals surface area contributed by atoms with E-state index in [0.717, 1.165) is 17.1 Å². The standard InChI is InChI=1S/C15H18N2O2/c1-9-4-5-12(6-10(9)2)13-8-16-15(17-13)11(3)7-14(18)19/h4-6,8,11H,7H2,1-3H3,(H,16,17)(H,18,19). The van der Waals surface area contributed by atoms with Crippen molar-refractivity contribution in [2.24, 2.45) is 0 Å². The number of benzene rings is 1. The number of aromatic amines is 1. The number of hydrogen-bond acceptors (Lipinski definition) is 2. The Hall–Kier alpha value is -2.10. The van der Waals surface area contributed by atoms with Crippen LogP contribution in [-0.4, -0.2) is 21.0 Å². The number of nitrogens with zero attached hydrogens (tertiary/aromatic N) is 1. The summed E-state index contributed by atoms with van der Waals surface area (Å²) in [5.74, 6) is -0.204. The van der Waals surface area contributed by atoms with Crippen LogP contribution >= 0.6 is 0 Å². The van der Waals surface area contributed by atoms with Crippen LogP contribution in [0.3, 0.4) is 0 Å². The first-order chi connectivity index (χ1) is 8.97. The molecule has 0 aliphatic carbocycles. The maximum absolute atomic E-state index is 10.7. The maximum atomic E-state index is 10.7. The Kier molecular flexibility index (Phi) is 3.69. The minimum absolute atomic E-state index is 0.0832. The Morgan fingerprint density at radius 3 is 2.74 bits per heavy atom. The summed E-state index contributed by atoms with van der Waals surface area (Å²) >= 11 is 0. The van der Waals surface area contributed by atoms with Crippen LogP contribution < -0.4 is 0 Å². The number of nitrogens with one attached hydrogen (secondary N) is 1. The molecule has 100 valence electrons. The first-order valence-electron chi connectivity index (χ1n) is 6.31. The van der Waals surface area contributed by atoms with Crippen molar-refractivity contribution in [1.29, 1.82) is 0 Å². The third-order valence-corrected chi connectivity index (χ3v) is 3.36. The zero-order valence-corrected chi connectivity index (χ0v) is 11.4. The summed E-state index contributed by atoms with van der Waals surface area (Å²) in [4.78, 5) is 18.2. The lowest BCUT2D eigenvalue weighted by Crippen LogP contribution is -2.04. The topological polar surface area (TPSA) is 66.0 Å². The Morgan fingerprint density at radius 2 is 2.11 bits per heavy atom. The number of rotatable bonds is 4. The molecular formula is C15H18N2O2. The van der Waals surface area contributed by atoms with Crippen LogP contribution in [0.5, 0.6) is 0 Å². The number of carbonyl (C=O) groups is 1. The number of aromatic nitrogens is 2. The second-order valence-corrected chi connectivity index (χ2v) is 4.98. The second kappa shape index (κ2) is 5.26. The molecule has 1 aromatic heterocycles. The van der Waals surface area contributed by atoms with Gasteiger partial charge < -0.3 is 10.1 Å². The smallest absolute Gasteiger partial charge is 0.304 e. The van der Waals surface area contributed by atoms with Crippen molar-refractivity contribution in [1.82, 2.24) is 9.97 Å². The van der Waals surface area contributed by atoms with Gasteiger partial charge in [-0.1, -0.05) is 19.1 Å². The van der Waals surface area contributed by atoms with Gasteiger partial charge >= 0.3 is 5.97 Å². The molecular weight excluding hydrogens is 240 g/mol. The van der Waals surface area contributed by atoms with Gasteiger partial charge in [0.25, 0.3) is 0 Å². The number of aryl methyl sites for hydroxylation is 2. The van der Waals surface area contributed by atoms with E-state index >= 15 is 0 Å². The molecule has 0 radical (unpaired) electrons. The number of hydrogen-bond donors (Lipinski definition) is 2. The molecule has 0 amide bonds. The van der Waals surface area contributed by atoms with E-state index in [4.69, 9.17) is 5.11 Å². The van der Waals surface area contributed by atoms with Crippen LogP contribution in [0.4, 0.5) is 0 Å². The third-order valence-electron chi connectivity index (χ3n) is 3.36. The summed E-state index contributed by atoms with van der Waals surface area (Å²) in [6, 6.07) is 6.22. The molecule has 19 heavy (non-hydrogen) atoms. The molecule has 0 spiro atoms. The van der Waals surface area contributed by atoms with E-state index in [2.05, 4.69) is 35.9 Å². The van der Waals surface area contributed by atoms with Gasteiger partial charge in [0.05, 0.1) is 18.3 Å². The average molecular weight is 258 g/mol. The van der Waals surface area contributed by atoms with Crippen LogP contribution in [0, 0.1) is 13.8 Å². The Labute approximate surface area is 112 Å². The van der Waals surface area contributed by atoms with Crippen LogP contribution in [0.15, 0.2) is 24.4 Å². The molecule has 2 N–H and O–H groups in total. The summed E-state index contributed by atoms with van der Waals surface area (Å²) < 4.78 is 0. The zero-order valence-electron chi connectivity index (χ0n) is 11.4. The number of aliphatic carboxylic acids is 1. The molecule has 1 atom stereocenters. The highest BCUT2D eigenvalue weighted by Gasteiger charge is 2.14. The normalized spacial score (nSPS) is 12.4. The highest BCUT2D eigenvalue weighted by molar-refractivity contribution is 5.68. The number of carboxylic acid groups (broad SMARTS) is 1. The number of imidazole rings is 1. The monoisotopic (exact) mass is 258 g/mol. The molecule has 0 fully saturated rings. The van der Waals surface area contributed by atoms with Crippen LogP contribution in [-0.2, 0) is 4.79 Å². The first-order valence-corrected chi connectivity index (χ1v) is 6.31. The van der Waals surface area contributed by atoms with Gasteiger partial charge in [0.2, 0.25) is 0 Å². The minimum Gasteiger partial charge on any atom is -0.481 e. The highest BCUT2D eigenvalue weighted by Crippen LogP contribution is 2.23. The molecule has 2 rings (SSSR count). The fourth-order valence-corrected chi connectivity index (χ4v) is 2.00. The van der Waals surface area contributed by atoms with Crippen molar-refractivity contribution >= 4 is 5.97 Å². The van der Waals surface area contributed by atoms with Gasteiger partial charge in [-0.3, -0.25) is 4.79 Å². The minimum atomic E-state index is -0.809. The van der Waals surface area contributed by atoms with E-state index in [0.29, 0.717) is 0 Å². The average Bonchev–Trinajstić information content (AvgIpc) is 2.81. The lowest BCUT2D eigenvalue weighted by Gasteiger charge is -2.05. The Balaban J connectivity index is 2.25. The third kappa shape index (κ3) is 3.02. The van der Waals surface area contributed by atoms with Crippen molar-refractivity contribution in [3.05, 3.63) is 41.3 Å². The van der Waals surface area contributed by atoms with Gasteiger partial charge in [-0.2, -0.15) is 0 Å².